The molecule has 0 amide bonds. The Morgan fingerprint density at radius 1 is 1.62 bits per heavy atom. The Hall–Kier alpha value is -0.830. The Morgan fingerprint density at radius 2 is 2.31 bits per heavy atom. The lowest BCUT2D eigenvalue weighted by Gasteiger charge is -2.03. The number of carbonyl (C=O) groups is 1. The molecule has 3 heteroatoms. The molecule has 74 valence electrons. The molecule has 0 saturated carbocycles. The minimum Gasteiger partial charge on any atom is -0.464 e. The van der Waals surface area contributed by atoms with Crippen molar-refractivity contribution in [1.29, 1.82) is 0 Å². The Bertz CT molecular complexity index is 222. The molecule has 3 nitrogen and oxygen atoms in total. The molecule has 1 aliphatic rings. The zero-order chi connectivity index (χ0) is 9.90. The van der Waals surface area contributed by atoms with E-state index in [1.807, 2.05) is 19.1 Å². The van der Waals surface area contributed by atoms with Crippen LogP contribution in [0.4, 0.5) is 0 Å². The van der Waals surface area contributed by atoms with Gasteiger partial charge in [0.05, 0.1) is 6.61 Å². The Morgan fingerprint density at radius 3 is 2.85 bits per heavy atom. The van der Waals surface area contributed by atoms with Crippen molar-refractivity contribution in [1.82, 2.24) is 0 Å². The van der Waals surface area contributed by atoms with E-state index in [2.05, 4.69) is 0 Å². The van der Waals surface area contributed by atoms with Gasteiger partial charge in [0.15, 0.2) is 5.60 Å². The highest BCUT2D eigenvalue weighted by atomic mass is 16.7. The van der Waals surface area contributed by atoms with E-state index in [9.17, 15) is 4.79 Å². The van der Waals surface area contributed by atoms with E-state index in [1.165, 1.54) is 0 Å². The van der Waals surface area contributed by atoms with Crippen molar-refractivity contribution in [2.75, 3.05) is 6.61 Å². The van der Waals surface area contributed by atoms with Gasteiger partial charge in [0.2, 0.25) is 0 Å². The summed E-state index contributed by atoms with van der Waals surface area (Å²) in [5, 5.41) is 0. The second-order valence-electron chi connectivity index (χ2n) is 3.20. The van der Waals surface area contributed by atoms with E-state index in [-0.39, 0.29) is 12.1 Å². The molecule has 0 radical (unpaired) electrons. The molecule has 1 saturated heterocycles. The zero-order valence-electron chi connectivity index (χ0n) is 8.37. The largest absolute Gasteiger partial charge is 0.464 e. The fourth-order valence-electron chi connectivity index (χ4n) is 1.15. The predicted molar refractivity (Wildman–Crippen MR) is 49.3 cm³/mol. The van der Waals surface area contributed by atoms with Gasteiger partial charge in [0.1, 0.15) is 6.10 Å². The molecule has 0 N–H and O–H groups in total. The standard InChI is InChI=1S/C10H16O3/c1-4-6-7-8-10(3,13-8)9(11)12-5-2/h6-8H,4-5H2,1-3H3. The van der Waals surface area contributed by atoms with E-state index < -0.39 is 5.60 Å². The predicted octanol–water partition coefficient (Wildman–Crippen LogP) is 1.67. The fourth-order valence-corrected chi connectivity index (χ4v) is 1.15. The number of hydrogen-bond acceptors (Lipinski definition) is 3. The van der Waals surface area contributed by atoms with Crippen molar-refractivity contribution in [2.24, 2.45) is 0 Å². The molecule has 1 heterocycles. The first-order valence-corrected chi connectivity index (χ1v) is 4.66. The SMILES string of the molecule is CCC=CC1OC1(C)C(=O)OCC. The molecule has 2 unspecified atom stereocenters. The van der Waals surface area contributed by atoms with Crippen LogP contribution in [0.15, 0.2) is 12.2 Å². The summed E-state index contributed by atoms with van der Waals surface area (Å²) in [6, 6.07) is 0. The van der Waals surface area contributed by atoms with Gasteiger partial charge in [0.25, 0.3) is 0 Å². The summed E-state index contributed by atoms with van der Waals surface area (Å²) in [6.45, 7) is 6.00. The highest BCUT2D eigenvalue weighted by Gasteiger charge is 2.58. The van der Waals surface area contributed by atoms with Crippen LogP contribution in [0.3, 0.4) is 0 Å². The van der Waals surface area contributed by atoms with E-state index in [0.29, 0.717) is 6.61 Å². The molecule has 1 fully saturated rings. The lowest BCUT2D eigenvalue weighted by molar-refractivity contribution is -0.148. The number of epoxide rings is 1. The van der Waals surface area contributed by atoms with Crippen molar-refractivity contribution in [3.63, 3.8) is 0 Å². The van der Waals surface area contributed by atoms with E-state index in [1.54, 1.807) is 13.8 Å². The first kappa shape index (κ1) is 10.3. The molecular formula is C10H16O3. The van der Waals surface area contributed by atoms with E-state index >= 15 is 0 Å². The third kappa shape index (κ3) is 2.10. The van der Waals surface area contributed by atoms with Crippen molar-refractivity contribution in [3.8, 4) is 0 Å². The van der Waals surface area contributed by atoms with Gasteiger partial charge in [0, 0.05) is 0 Å². The van der Waals surface area contributed by atoms with Gasteiger partial charge in [-0.25, -0.2) is 4.79 Å². The molecule has 0 spiro atoms. The van der Waals surface area contributed by atoms with E-state index in [0.717, 1.165) is 6.42 Å². The molecular weight excluding hydrogens is 168 g/mol. The number of allylic oxidation sites excluding steroid dienone is 1. The molecule has 0 aromatic heterocycles. The molecule has 13 heavy (non-hydrogen) atoms. The normalized spacial score (nSPS) is 32.1. The summed E-state index contributed by atoms with van der Waals surface area (Å²) in [7, 11) is 0. The number of rotatable bonds is 4. The summed E-state index contributed by atoms with van der Waals surface area (Å²) < 4.78 is 10.1. The Kier molecular flexibility index (Phi) is 3.09. The minimum absolute atomic E-state index is 0.0912. The van der Waals surface area contributed by atoms with Gasteiger partial charge >= 0.3 is 5.97 Å². The van der Waals surface area contributed by atoms with Crippen LogP contribution in [0.1, 0.15) is 27.2 Å². The second kappa shape index (κ2) is 3.92. The van der Waals surface area contributed by atoms with Gasteiger partial charge in [-0.15, -0.1) is 0 Å². The van der Waals surface area contributed by atoms with Gasteiger partial charge in [-0.2, -0.15) is 0 Å². The Balaban J connectivity index is 2.44. The first-order chi connectivity index (χ1) is 6.15. The lowest BCUT2D eigenvalue weighted by Crippen LogP contribution is -2.25. The molecule has 1 rings (SSSR count). The van der Waals surface area contributed by atoms with E-state index in [4.69, 9.17) is 9.47 Å². The molecule has 0 aromatic carbocycles. The van der Waals surface area contributed by atoms with Crippen LogP contribution >= 0.6 is 0 Å². The maximum atomic E-state index is 11.3. The molecule has 0 aliphatic carbocycles. The molecule has 1 aliphatic heterocycles. The number of esters is 1. The lowest BCUT2D eigenvalue weighted by atomic mass is 10.1. The van der Waals surface area contributed by atoms with Crippen LogP contribution in [0.5, 0.6) is 0 Å². The first-order valence-electron chi connectivity index (χ1n) is 4.66. The van der Waals surface area contributed by atoms with Gasteiger partial charge in [-0.3, -0.25) is 0 Å². The Labute approximate surface area is 78.7 Å². The highest BCUT2D eigenvalue weighted by Crippen LogP contribution is 2.38. The summed E-state index contributed by atoms with van der Waals surface area (Å²) in [5.41, 5.74) is -0.721. The number of hydrogen-bond donors (Lipinski definition) is 0. The smallest absolute Gasteiger partial charge is 0.341 e. The van der Waals surface area contributed by atoms with Crippen molar-refractivity contribution >= 4 is 5.97 Å². The van der Waals surface area contributed by atoms with Crippen LogP contribution < -0.4 is 0 Å². The van der Waals surface area contributed by atoms with Crippen molar-refractivity contribution in [2.45, 2.75) is 38.9 Å². The molecule has 0 bridgehead atoms. The minimum atomic E-state index is -0.721. The fraction of sp³-hybridized carbons (Fsp3) is 0.700. The maximum absolute atomic E-state index is 11.3. The monoisotopic (exact) mass is 184 g/mol. The third-order valence-electron chi connectivity index (χ3n) is 2.08. The average Bonchev–Trinajstić information content (AvgIpc) is 2.76. The third-order valence-corrected chi connectivity index (χ3v) is 2.08. The topological polar surface area (TPSA) is 38.8 Å². The number of ether oxygens (including phenoxy) is 2. The quantitative estimate of drug-likeness (QED) is 0.379. The van der Waals surface area contributed by atoms with Crippen LogP contribution in [0.25, 0.3) is 0 Å². The van der Waals surface area contributed by atoms with Crippen molar-refractivity contribution < 1.29 is 14.3 Å². The average molecular weight is 184 g/mol. The summed E-state index contributed by atoms with van der Waals surface area (Å²) in [4.78, 5) is 11.3. The molecule has 0 aromatic rings. The van der Waals surface area contributed by atoms with Gasteiger partial charge in [-0.05, 0) is 20.3 Å². The van der Waals surface area contributed by atoms with Crippen LogP contribution in [0, 0.1) is 0 Å². The second-order valence-corrected chi connectivity index (χ2v) is 3.20. The van der Waals surface area contributed by atoms with Gasteiger partial charge in [-0.1, -0.05) is 19.1 Å². The molecule has 2 atom stereocenters. The maximum Gasteiger partial charge on any atom is 0.341 e. The van der Waals surface area contributed by atoms with Crippen LogP contribution in [-0.2, 0) is 14.3 Å². The van der Waals surface area contributed by atoms with Crippen LogP contribution in [0.2, 0.25) is 0 Å². The van der Waals surface area contributed by atoms with Crippen molar-refractivity contribution in [3.05, 3.63) is 12.2 Å². The summed E-state index contributed by atoms with van der Waals surface area (Å²) in [5.74, 6) is -0.263. The number of carbonyl (C=O) groups excluding carboxylic acids is 1. The highest BCUT2D eigenvalue weighted by molar-refractivity contribution is 5.83. The summed E-state index contributed by atoms with van der Waals surface area (Å²) in [6.07, 6.45) is 4.77. The van der Waals surface area contributed by atoms with Gasteiger partial charge < -0.3 is 9.47 Å². The zero-order valence-corrected chi connectivity index (χ0v) is 8.37. The summed E-state index contributed by atoms with van der Waals surface area (Å²) >= 11 is 0. The van der Waals surface area contributed by atoms with Crippen LogP contribution in [-0.4, -0.2) is 24.3 Å².